The zero-order chi connectivity index (χ0) is 28.9. The van der Waals surface area contributed by atoms with Gasteiger partial charge in [0.1, 0.15) is 5.69 Å². The van der Waals surface area contributed by atoms with E-state index in [1.165, 1.54) is 6.07 Å². The second kappa shape index (κ2) is 9.59. The molecule has 4 aromatic rings. The Hall–Kier alpha value is -4.08. The molecule has 10 heteroatoms. The fraction of sp³-hybridized carbons (Fsp3) is 0.241. The first-order valence-corrected chi connectivity index (χ1v) is 11.8. The monoisotopic (exact) mass is 546 g/mol. The lowest BCUT2D eigenvalue weighted by Crippen LogP contribution is -2.65. The highest BCUT2D eigenvalue weighted by Crippen LogP contribution is 2.54. The molecule has 0 N–H and O–H groups in total. The molecule has 0 aliphatic rings. The Morgan fingerprint density at radius 3 is 1.72 bits per heavy atom. The molecule has 0 fully saturated rings. The van der Waals surface area contributed by atoms with Crippen molar-refractivity contribution in [1.82, 2.24) is 9.47 Å². The standard InChI is InChI=1S/C29H24F6N2O2/c1-17-15-21-22(16-18(17)2)25(38)36(3)24(23(21)19-11-7-5-8-12-19)26(39)37(4)27(28(30,31)32,29(33,34)35)20-13-9-6-10-14-20/h5-16H,1-4H3. The summed E-state index contributed by atoms with van der Waals surface area (Å²) in [6, 6.07) is 15.9. The maximum Gasteiger partial charge on any atom is 0.425 e. The van der Waals surface area contributed by atoms with Crippen molar-refractivity contribution >= 4 is 16.7 Å². The first-order chi connectivity index (χ1) is 18.1. The molecule has 0 saturated heterocycles. The summed E-state index contributed by atoms with van der Waals surface area (Å²) in [4.78, 5) is 27.0. The van der Waals surface area contributed by atoms with E-state index >= 15 is 0 Å². The van der Waals surface area contributed by atoms with Crippen molar-refractivity contribution in [2.24, 2.45) is 7.05 Å². The Morgan fingerprint density at radius 1 is 0.769 bits per heavy atom. The smallest absolute Gasteiger partial charge is 0.315 e. The Bertz CT molecular complexity index is 1590. The summed E-state index contributed by atoms with van der Waals surface area (Å²) in [5.41, 5.74) is -5.32. The Balaban J connectivity index is 2.14. The molecule has 1 amide bonds. The number of carbonyl (C=O) groups excluding carboxylic acids is 1. The third-order valence-electron chi connectivity index (χ3n) is 7.10. The number of nitrogens with zero attached hydrogens (tertiary/aromatic N) is 2. The van der Waals surface area contributed by atoms with Crippen LogP contribution in [0.2, 0.25) is 0 Å². The summed E-state index contributed by atoms with van der Waals surface area (Å²) >= 11 is 0. The van der Waals surface area contributed by atoms with Crippen LogP contribution in [-0.4, -0.2) is 34.8 Å². The zero-order valence-electron chi connectivity index (χ0n) is 21.4. The van der Waals surface area contributed by atoms with Crippen molar-refractivity contribution in [3.05, 3.63) is 106 Å². The molecule has 3 aromatic carbocycles. The third-order valence-corrected chi connectivity index (χ3v) is 7.10. The highest BCUT2D eigenvalue weighted by molar-refractivity contribution is 6.09. The summed E-state index contributed by atoms with van der Waals surface area (Å²) in [5, 5.41) is 0.424. The molecule has 4 rings (SSSR count). The first kappa shape index (κ1) is 27.9. The predicted molar refractivity (Wildman–Crippen MR) is 136 cm³/mol. The van der Waals surface area contributed by atoms with Gasteiger partial charge in [0.05, 0.1) is 0 Å². The lowest BCUT2D eigenvalue weighted by atomic mass is 9.85. The second-order valence-electron chi connectivity index (χ2n) is 9.37. The number of amides is 1. The fourth-order valence-corrected chi connectivity index (χ4v) is 4.98. The van der Waals surface area contributed by atoms with E-state index in [9.17, 15) is 35.9 Å². The molecule has 1 aromatic heterocycles. The second-order valence-corrected chi connectivity index (χ2v) is 9.37. The van der Waals surface area contributed by atoms with Gasteiger partial charge in [-0.15, -0.1) is 0 Å². The van der Waals surface area contributed by atoms with Gasteiger partial charge in [-0.2, -0.15) is 26.3 Å². The van der Waals surface area contributed by atoms with Gasteiger partial charge in [0.15, 0.2) is 0 Å². The average Bonchev–Trinajstić information content (AvgIpc) is 2.86. The SMILES string of the molecule is Cc1cc2c(-c3ccccc3)c(C(=O)N(C)C(c3ccccc3)(C(F)(F)F)C(F)(F)F)n(C)c(=O)c2cc1C. The molecule has 0 spiro atoms. The van der Waals surface area contributed by atoms with Gasteiger partial charge in [-0.25, -0.2) is 0 Å². The highest BCUT2D eigenvalue weighted by Gasteiger charge is 2.75. The van der Waals surface area contributed by atoms with Crippen LogP contribution < -0.4 is 5.56 Å². The van der Waals surface area contributed by atoms with E-state index in [2.05, 4.69) is 0 Å². The van der Waals surface area contributed by atoms with Crippen LogP contribution >= 0.6 is 0 Å². The minimum atomic E-state index is -5.96. The largest absolute Gasteiger partial charge is 0.425 e. The van der Waals surface area contributed by atoms with E-state index < -0.39 is 40.6 Å². The van der Waals surface area contributed by atoms with Crippen molar-refractivity contribution in [2.75, 3.05) is 7.05 Å². The lowest BCUT2D eigenvalue weighted by molar-refractivity contribution is -0.337. The molecule has 204 valence electrons. The van der Waals surface area contributed by atoms with Gasteiger partial charge in [-0.1, -0.05) is 66.7 Å². The lowest BCUT2D eigenvalue weighted by Gasteiger charge is -2.44. The van der Waals surface area contributed by atoms with Gasteiger partial charge >= 0.3 is 12.4 Å². The number of aromatic nitrogens is 1. The van der Waals surface area contributed by atoms with Crippen molar-refractivity contribution in [2.45, 2.75) is 31.7 Å². The van der Waals surface area contributed by atoms with Gasteiger partial charge in [0, 0.05) is 25.0 Å². The normalized spacial score (nSPS) is 12.6. The van der Waals surface area contributed by atoms with Crippen LogP contribution in [-0.2, 0) is 12.6 Å². The summed E-state index contributed by atoms with van der Waals surface area (Å²) in [6.45, 7) is 3.52. The van der Waals surface area contributed by atoms with E-state index in [-0.39, 0.29) is 21.2 Å². The average molecular weight is 547 g/mol. The highest BCUT2D eigenvalue weighted by atomic mass is 19.4. The zero-order valence-corrected chi connectivity index (χ0v) is 21.4. The van der Waals surface area contributed by atoms with Crippen LogP contribution in [0.5, 0.6) is 0 Å². The maximum absolute atomic E-state index is 14.7. The number of alkyl halides is 6. The van der Waals surface area contributed by atoms with E-state index in [0.29, 0.717) is 24.7 Å². The number of fused-ring (bicyclic) bond motifs is 1. The summed E-state index contributed by atoms with van der Waals surface area (Å²) in [6.07, 6.45) is -11.9. The molecule has 0 bridgehead atoms. The summed E-state index contributed by atoms with van der Waals surface area (Å²) in [5.74, 6) is -1.62. The molecule has 39 heavy (non-hydrogen) atoms. The quantitative estimate of drug-likeness (QED) is 0.261. The number of halogens is 6. The van der Waals surface area contributed by atoms with Crippen LogP contribution in [0, 0.1) is 13.8 Å². The first-order valence-electron chi connectivity index (χ1n) is 11.8. The van der Waals surface area contributed by atoms with Crippen molar-refractivity contribution < 1.29 is 31.1 Å². The number of hydrogen-bond acceptors (Lipinski definition) is 2. The number of rotatable bonds is 4. The molecule has 0 radical (unpaired) electrons. The molecule has 0 aliphatic carbocycles. The fourth-order valence-electron chi connectivity index (χ4n) is 4.98. The molecule has 1 heterocycles. The third kappa shape index (κ3) is 4.27. The van der Waals surface area contributed by atoms with Crippen molar-refractivity contribution in [1.29, 1.82) is 0 Å². The van der Waals surface area contributed by atoms with E-state index in [4.69, 9.17) is 0 Å². The van der Waals surface area contributed by atoms with E-state index in [1.807, 2.05) is 0 Å². The van der Waals surface area contributed by atoms with Crippen molar-refractivity contribution in [3.8, 4) is 11.1 Å². The van der Waals surface area contributed by atoms with Gasteiger partial charge in [0.25, 0.3) is 17.0 Å². The Labute approximate surface area is 220 Å². The van der Waals surface area contributed by atoms with Crippen LogP contribution in [0.1, 0.15) is 27.2 Å². The van der Waals surface area contributed by atoms with Gasteiger partial charge in [-0.05, 0) is 47.6 Å². The number of pyridine rings is 1. The van der Waals surface area contributed by atoms with Crippen molar-refractivity contribution in [3.63, 3.8) is 0 Å². The molecular weight excluding hydrogens is 522 g/mol. The number of hydrogen-bond donors (Lipinski definition) is 0. The Morgan fingerprint density at radius 2 is 1.23 bits per heavy atom. The molecule has 4 nitrogen and oxygen atoms in total. The van der Waals surface area contributed by atoms with Crippen LogP contribution in [0.4, 0.5) is 26.3 Å². The Kier molecular flexibility index (Phi) is 6.87. The number of aryl methyl sites for hydroxylation is 2. The molecule has 0 unspecified atom stereocenters. The molecule has 0 atom stereocenters. The maximum atomic E-state index is 14.7. The van der Waals surface area contributed by atoms with Crippen LogP contribution in [0.15, 0.2) is 77.6 Å². The number of benzene rings is 3. The van der Waals surface area contributed by atoms with E-state index in [1.54, 1.807) is 56.3 Å². The molecule has 0 saturated carbocycles. The van der Waals surface area contributed by atoms with Crippen LogP contribution in [0.3, 0.4) is 0 Å². The summed E-state index contributed by atoms with van der Waals surface area (Å²) < 4.78 is 88.7. The molecule has 0 aliphatic heterocycles. The van der Waals surface area contributed by atoms with Gasteiger partial charge in [-0.3, -0.25) is 9.59 Å². The van der Waals surface area contributed by atoms with E-state index in [0.717, 1.165) is 34.9 Å². The van der Waals surface area contributed by atoms with Gasteiger partial charge < -0.3 is 9.47 Å². The van der Waals surface area contributed by atoms with Crippen LogP contribution in [0.25, 0.3) is 21.9 Å². The minimum Gasteiger partial charge on any atom is -0.315 e. The topological polar surface area (TPSA) is 42.3 Å². The van der Waals surface area contributed by atoms with Gasteiger partial charge in [0.2, 0.25) is 0 Å². The minimum absolute atomic E-state index is 0.0546. The molecular formula is C29H24F6N2O2. The predicted octanol–water partition coefficient (Wildman–Crippen LogP) is 6.91. The summed E-state index contributed by atoms with van der Waals surface area (Å²) in [7, 11) is 1.62. The number of carbonyl (C=O) groups is 1.